The highest BCUT2D eigenvalue weighted by Crippen LogP contribution is 2.30. The van der Waals surface area contributed by atoms with Gasteiger partial charge in [-0.1, -0.05) is 11.8 Å². The van der Waals surface area contributed by atoms with Gasteiger partial charge in [0, 0.05) is 31.2 Å². The van der Waals surface area contributed by atoms with E-state index < -0.39 is 0 Å². The van der Waals surface area contributed by atoms with E-state index in [0.29, 0.717) is 17.2 Å². The highest BCUT2D eigenvalue weighted by molar-refractivity contribution is 8.00. The molecule has 1 N–H and O–H groups in total. The number of imidazole rings is 1. The van der Waals surface area contributed by atoms with E-state index in [4.69, 9.17) is 9.47 Å². The smallest absolute Gasteiger partial charge is 0.237 e. The lowest BCUT2D eigenvalue weighted by molar-refractivity contribution is -0.115. The summed E-state index contributed by atoms with van der Waals surface area (Å²) in [7, 11) is 5.03. The molecule has 1 amide bonds. The first-order valence-corrected chi connectivity index (χ1v) is 7.60. The number of hydrogen-bond donors (Lipinski definition) is 1. The standard InChI is InChI=1S/C15H19N3O3S/c1-10(22-15-16-7-8-18(15)2)14(19)17-11-5-6-12(20-3)13(9-11)21-4/h5-10H,1-4H3,(H,17,19). The van der Waals surface area contributed by atoms with E-state index in [-0.39, 0.29) is 11.2 Å². The van der Waals surface area contributed by atoms with Crippen molar-refractivity contribution in [2.75, 3.05) is 19.5 Å². The van der Waals surface area contributed by atoms with Crippen molar-refractivity contribution in [3.05, 3.63) is 30.6 Å². The Hall–Kier alpha value is -2.15. The summed E-state index contributed by atoms with van der Waals surface area (Å²) in [6.45, 7) is 1.84. The number of hydrogen-bond acceptors (Lipinski definition) is 5. The van der Waals surface area contributed by atoms with E-state index in [0.717, 1.165) is 5.16 Å². The van der Waals surface area contributed by atoms with Crippen molar-refractivity contribution < 1.29 is 14.3 Å². The van der Waals surface area contributed by atoms with Crippen LogP contribution in [0, 0.1) is 0 Å². The summed E-state index contributed by atoms with van der Waals surface area (Å²) < 4.78 is 12.3. The summed E-state index contributed by atoms with van der Waals surface area (Å²) in [5.74, 6) is 1.10. The molecule has 22 heavy (non-hydrogen) atoms. The molecule has 6 nitrogen and oxygen atoms in total. The van der Waals surface area contributed by atoms with Crippen molar-refractivity contribution >= 4 is 23.4 Å². The topological polar surface area (TPSA) is 65.4 Å². The molecule has 7 heteroatoms. The SMILES string of the molecule is COc1ccc(NC(=O)C(C)Sc2nccn2C)cc1OC. The lowest BCUT2D eigenvalue weighted by atomic mass is 10.2. The van der Waals surface area contributed by atoms with E-state index in [9.17, 15) is 4.79 Å². The molecule has 1 unspecified atom stereocenters. The van der Waals surface area contributed by atoms with Crippen LogP contribution in [0.1, 0.15) is 6.92 Å². The Kier molecular flexibility index (Phi) is 5.32. The third kappa shape index (κ3) is 3.73. The number of aryl methyl sites for hydroxylation is 1. The number of nitrogens with one attached hydrogen (secondary N) is 1. The summed E-state index contributed by atoms with van der Waals surface area (Å²) in [5, 5.41) is 3.40. The molecule has 1 aromatic heterocycles. The number of carbonyl (C=O) groups is 1. The molecule has 0 saturated carbocycles. The summed E-state index contributed by atoms with van der Waals surface area (Å²) in [6.07, 6.45) is 3.56. The Balaban J connectivity index is 2.03. The van der Waals surface area contributed by atoms with Crippen molar-refractivity contribution in [2.24, 2.45) is 7.05 Å². The van der Waals surface area contributed by atoms with E-state index in [1.54, 1.807) is 38.6 Å². The van der Waals surface area contributed by atoms with Gasteiger partial charge in [0.15, 0.2) is 16.7 Å². The fraction of sp³-hybridized carbons (Fsp3) is 0.333. The number of ether oxygens (including phenoxy) is 2. The number of thioether (sulfide) groups is 1. The van der Waals surface area contributed by atoms with Crippen LogP contribution in [0.5, 0.6) is 11.5 Å². The van der Waals surface area contributed by atoms with Gasteiger partial charge < -0.3 is 19.4 Å². The minimum atomic E-state index is -0.269. The van der Waals surface area contributed by atoms with Crippen molar-refractivity contribution in [3.8, 4) is 11.5 Å². The summed E-state index contributed by atoms with van der Waals surface area (Å²) in [4.78, 5) is 16.5. The van der Waals surface area contributed by atoms with Gasteiger partial charge in [0.25, 0.3) is 0 Å². The van der Waals surface area contributed by atoms with Crippen LogP contribution in [0.3, 0.4) is 0 Å². The van der Waals surface area contributed by atoms with Gasteiger partial charge in [0.2, 0.25) is 5.91 Å². The molecular weight excluding hydrogens is 302 g/mol. The van der Waals surface area contributed by atoms with Gasteiger partial charge in [-0.2, -0.15) is 0 Å². The van der Waals surface area contributed by atoms with Crippen molar-refractivity contribution in [3.63, 3.8) is 0 Å². The predicted molar refractivity (Wildman–Crippen MR) is 86.7 cm³/mol. The summed E-state index contributed by atoms with van der Waals surface area (Å²) in [5.41, 5.74) is 0.662. The predicted octanol–water partition coefficient (Wildman–Crippen LogP) is 2.56. The zero-order valence-corrected chi connectivity index (χ0v) is 13.8. The van der Waals surface area contributed by atoms with Crippen LogP contribution in [-0.2, 0) is 11.8 Å². The second-order valence-electron chi connectivity index (χ2n) is 4.64. The average Bonchev–Trinajstić information content (AvgIpc) is 2.92. The number of benzene rings is 1. The van der Waals surface area contributed by atoms with Gasteiger partial charge in [0.1, 0.15) is 0 Å². The molecule has 1 aromatic carbocycles. The zero-order valence-electron chi connectivity index (χ0n) is 13.0. The van der Waals surface area contributed by atoms with Crippen molar-refractivity contribution in [1.82, 2.24) is 9.55 Å². The normalized spacial score (nSPS) is 11.8. The molecule has 118 valence electrons. The summed E-state index contributed by atoms with van der Waals surface area (Å²) in [6, 6.07) is 5.26. The van der Waals surface area contributed by atoms with Gasteiger partial charge in [0.05, 0.1) is 19.5 Å². The average molecular weight is 321 g/mol. The van der Waals surface area contributed by atoms with E-state index in [1.807, 2.05) is 24.7 Å². The van der Waals surface area contributed by atoms with Gasteiger partial charge in [-0.3, -0.25) is 4.79 Å². The van der Waals surface area contributed by atoms with E-state index in [2.05, 4.69) is 10.3 Å². The number of aromatic nitrogens is 2. The van der Waals surface area contributed by atoms with Crippen LogP contribution >= 0.6 is 11.8 Å². The maximum atomic E-state index is 12.3. The second kappa shape index (κ2) is 7.22. The Morgan fingerprint density at radius 3 is 2.64 bits per heavy atom. The van der Waals surface area contributed by atoms with Gasteiger partial charge >= 0.3 is 0 Å². The highest BCUT2D eigenvalue weighted by atomic mass is 32.2. The molecule has 2 aromatic rings. The monoisotopic (exact) mass is 321 g/mol. The number of anilines is 1. The molecule has 0 radical (unpaired) electrons. The van der Waals surface area contributed by atoms with E-state index >= 15 is 0 Å². The lowest BCUT2D eigenvalue weighted by Gasteiger charge is -2.13. The van der Waals surface area contributed by atoms with Crippen molar-refractivity contribution in [2.45, 2.75) is 17.3 Å². The molecule has 0 fully saturated rings. The number of methoxy groups -OCH3 is 2. The minimum absolute atomic E-state index is 0.0970. The van der Waals surface area contributed by atoms with E-state index in [1.165, 1.54) is 11.8 Å². The number of nitrogens with zero attached hydrogens (tertiary/aromatic N) is 2. The Morgan fingerprint density at radius 2 is 2.05 bits per heavy atom. The quantitative estimate of drug-likeness (QED) is 0.828. The largest absolute Gasteiger partial charge is 0.493 e. The Morgan fingerprint density at radius 1 is 1.32 bits per heavy atom. The number of carbonyl (C=O) groups excluding carboxylic acids is 1. The molecule has 2 rings (SSSR count). The zero-order chi connectivity index (χ0) is 16.1. The van der Waals surface area contributed by atoms with Crippen molar-refractivity contribution in [1.29, 1.82) is 0 Å². The highest BCUT2D eigenvalue weighted by Gasteiger charge is 2.17. The van der Waals surface area contributed by atoms with Crippen LogP contribution in [0.2, 0.25) is 0 Å². The van der Waals surface area contributed by atoms with Gasteiger partial charge in [-0.05, 0) is 19.1 Å². The maximum Gasteiger partial charge on any atom is 0.237 e. The first-order valence-electron chi connectivity index (χ1n) is 6.72. The van der Waals surface area contributed by atoms with Crippen LogP contribution in [-0.4, -0.2) is 34.9 Å². The number of rotatable bonds is 6. The Bertz CT molecular complexity index is 657. The number of amides is 1. The summed E-state index contributed by atoms with van der Waals surface area (Å²) >= 11 is 1.41. The maximum absolute atomic E-state index is 12.3. The minimum Gasteiger partial charge on any atom is -0.493 e. The molecule has 0 aliphatic heterocycles. The molecule has 0 aliphatic carbocycles. The molecule has 1 atom stereocenters. The first-order chi connectivity index (χ1) is 10.5. The Labute approximate surface area is 133 Å². The molecule has 0 spiro atoms. The van der Waals surface area contributed by atoms with Gasteiger partial charge in [-0.25, -0.2) is 4.98 Å². The van der Waals surface area contributed by atoms with Gasteiger partial charge in [-0.15, -0.1) is 0 Å². The molecule has 0 bridgehead atoms. The molecule has 1 heterocycles. The van der Waals surface area contributed by atoms with Crippen LogP contribution in [0.4, 0.5) is 5.69 Å². The lowest BCUT2D eigenvalue weighted by Crippen LogP contribution is -2.22. The fourth-order valence-corrected chi connectivity index (χ4v) is 2.67. The molecule has 0 aliphatic rings. The fourth-order valence-electron chi connectivity index (χ4n) is 1.83. The first kappa shape index (κ1) is 16.2. The van der Waals surface area contributed by atoms with Crippen LogP contribution in [0.15, 0.2) is 35.7 Å². The third-order valence-electron chi connectivity index (χ3n) is 3.08. The molecule has 0 saturated heterocycles. The second-order valence-corrected chi connectivity index (χ2v) is 5.95. The van der Waals surface area contributed by atoms with Crippen LogP contribution in [0.25, 0.3) is 0 Å². The van der Waals surface area contributed by atoms with Crippen LogP contribution < -0.4 is 14.8 Å². The molecular formula is C15H19N3O3S. The third-order valence-corrected chi connectivity index (χ3v) is 4.25.